The number of ether oxygens (including phenoxy) is 1. The zero-order valence-corrected chi connectivity index (χ0v) is 46.1. The number of esters is 1. The van der Waals surface area contributed by atoms with Crippen LogP contribution in [-0.2, 0) is 14.3 Å². The number of aliphatic hydroxyl groups excluding tert-OH is 2. The van der Waals surface area contributed by atoms with Crippen LogP contribution in [0.15, 0.2) is 85.1 Å². The summed E-state index contributed by atoms with van der Waals surface area (Å²) in [6, 6.07) is -0.726. The third-order valence-corrected chi connectivity index (χ3v) is 13.2. The quantitative estimate of drug-likeness (QED) is 0.0321. The average Bonchev–Trinajstić information content (AvgIpc) is 3.35. The Morgan fingerprint density at radius 1 is 0.429 bits per heavy atom. The van der Waals surface area contributed by atoms with Crippen molar-refractivity contribution in [3.8, 4) is 0 Å². The molecule has 3 unspecified atom stereocenters. The van der Waals surface area contributed by atoms with Gasteiger partial charge in [-0.15, -0.1) is 0 Å². The molecule has 0 aliphatic heterocycles. The fourth-order valence-electron chi connectivity index (χ4n) is 8.73. The Labute approximate surface area is 433 Å². The van der Waals surface area contributed by atoms with E-state index < -0.39 is 18.2 Å². The van der Waals surface area contributed by atoms with Gasteiger partial charge < -0.3 is 20.3 Å². The molecule has 0 aliphatic rings. The summed E-state index contributed by atoms with van der Waals surface area (Å²) >= 11 is 0. The van der Waals surface area contributed by atoms with E-state index in [1.54, 1.807) is 0 Å². The number of unbranched alkanes of at least 4 members (excludes halogenated alkanes) is 27. The van der Waals surface area contributed by atoms with Crippen LogP contribution in [0.4, 0.5) is 0 Å². The number of hydrogen-bond acceptors (Lipinski definition) is 5. The highest BCUT2D eigenvalue weighted by Crippen LogP contribution is 2.18. The molecule has 3 N–H and O–H groups in total. The van der Waals surface area contributed by atoms with Gasteiger partial charge in [-0.25, -0.2) is 0 Å². The smallest absolute Gasteiger partial charge is 0.306 e. The molecule has 0 fully saturated rings. The van der Waals surface area contributed by atoms with E-state index in [0.717, 1.165) is 89.9 Å². The minimum atomic E-state index is -0.808. The van der Waals surface area contributed by atoms with Gasteiger partial charge in [0.1, 0.15) is 6.10 Å². The van der Waals surface area contributed by atoms with Gasteiger partial charge in [-0.2, -0.15) is 0 Å². The summed E-state index contributed by atoms with van der Waals surface area (Å²) in [5.74, 6) is -0.531. The molecule has 3 atom stereocenters. The van der Waals surface area contributed by atoms with E-state index >= 15 is 0 Å². The highest BCUT2D eigenvalue weighted by atomic mass is 16.5. The maximum absolute atomic E-state index is 13.3. The maximum atomic E-state index is 13.3. The minimum absolute atomic E-state index is 0.0341. The van der Waals surface area contributed by atoms with Gasteiger partial charge >= 0.3 is 5.97 Å². The molecule has 6 nitrogen and oxygen atoms in total. The van der Waals surface area contributed by atoms with Crippen LogP contribution >= 0.6 is 0 Å². The lowest BCUT2D eigenvalue weighted by atomic mass is 10.0. The van der Waals surface area contributed by atoms with Gasteiger partial charge in [0.25, 0.3) is 0 Å². The molecule has 0 rings (SSSR count). The van der Waals surface area contributed by atoms with Crippen molar-refractivity contribution in [3.05, 3.63) is 85.1 Å². The molecule has 0 aliphatic carbocycles. The topological polar surface area (TPSA) is 95.9 Å². The number of carbonyl (C=O) groups excluding carboxylic acids is 2. The lowest BCUT2D eigenvalue weighted by Crippen LogP contribution is -2.46. The molecule has 0 heterocycles. The van der Waals surface area contributed by atoms with Crippen molar-refractivity contribution in [2.75, 3.05) is 6.61 Å². The van der Waals surface area contributed by atoms with Crippen LogP contribution in [0.3, 0.4) is 0 Å². The summed E-state index contributed by atoms with van der Waals surface area (Å²) in [6.07, 6.45) is 75.1. The second-order valence-electron chi connectivity index (χ2n) is 20.0. The molecule has 0 saturated carbocycles. The van der Waals surface area contributed by atoms with Crippen molar-refractivity contribution in [1.82, 2.24) is 5.32 Å². The zero-order valence-electron chi connectivity index (χ0n) is 46.1. The van der Waals surface area contributed by atoms with Crippen LogP contribution in [0, 0.1) is 0 Å². The molecule has 0 bridgehead atoms. The fraction of sp³-hybridized carbons (Fsp3) is 0.750. The van der Waals surface area contributed by atoms with Crippen molar-refractivity contribution in [2.24, 2.45) is 0 Å². The average molecular weight is 977 g/mol. The van der Waals surface area contributed by atoms with E-state index in [1.807, 2.05) is 0 Å². The number of aliphatic hydroxyl groups is 2. The molecule has 404 valence electrons. The molecule has 0 saturated heterocycles. The summed E-state index contributed by atoms with van der Waals surface area (Å²) in [7, 11) is 0. The van der Waals surface area contributed by atoms with Crippen LogP contribution in [0.25, 0.3) is 0 Å². The predicted octanol–water partition coefficient (Wildman–Crippen LogP) is 18.7. The molecular formula is C64H113NO5. The van der Waals surface area contributed by atoms with Crippen LogP contribution in [0.1, 0.15) is 284 Å². The molecule has 0 aromatic heterocycles. The first-order chi connectivity index (χ1) is 34.5. The number of rotatable bonds is 53. The Bertz CT molecular complexity index is 1330. The Hall–Kier alpha value is -2.96. The third-order valence-electron chi connectivity index (χ3n) is 13.2. The van der Waals surface area contributed by atoms with Gasteiger partial charge in [0.15, 0.2) is 0 Å². The Morgan fingerprint density at radius 3 is 1.23 bits per heavy atom. The van der Waals surface area contributed by atoms with Crippen LogP contribution in [0.2, 0.25) is 0 Å². The van der Waals surface area contributed by atoms with E-state index in [2.05, 4.69) is 111 Å². The van der Waals surface area contributed by atoms with Crippen molar-refractivity contribution in [2.45, 2.75) is 302 Å². The Kier molecular flexibility index (Phi) is 54.5. The first kappa shape index (κ1) is 67.0. The molecule has 0 aromatic rings. The van der Waals surface area contributed by atoms with Crippen molar-refractivity contribution < 1.29 is 24.5 Å². The molecular weight excluding hydrogens is 863 g/mol. The highest BCUT2D eigenvalue weighted by molar-refractivity contribution is 5.77. The Morgan fingerprint density at radius 2 is 0.786 bits per heavy atom. The summed E-state index contributed by atoms with van der Waals surface area (Å²) in [6.45, 7) is 6.35. The molecule has 0 spiro atoms. The van der Waals surface area contributed by atoms with Gasteiger partial charge in [0.2, 0.25) is 5.91 Å². The van der Waals surface area contributed by atoms with E-state index in [0.29, 0.717) is 19.3 Å². The van der Waals surface area contributed by atoms with Crippen molar-refractivity contribution in [3.63, 3.8) is 0 Å². The third kappa shape index (κ3) is 51.4. The highest BCUT2D eigenvalue weighted by Gasteiger charge is 2.24. The number of nitrogens with one attached hydrogen (secondary N) is 1. The monoisotopic (exact) mass is 976 g/mol. The molecule has 0 aromatic carbocycles. The maximum Gasteiger partial charge on any atom is 0.306 e. The second-order valence-corrected chi connectivity index (χ2v) is 20.0. The fourth-order valence-corrected chi connectivity index (χ4v) is 8.73. The standard InChI is InChI=1S/C64H113NO5/c1-4-7-10-13-16-19-22-25-28-30-31-33-36-39-42-45-48-51-54-57-64(69)70-60(55-52-49-46-43-40-37-35-32-29-26-23-20-17-14-11-8-5-2)58-63(68)65-61(59-66)62(67)56-53-50-47-44-41-38-34-27-24-21-18-15-12-9-6-3/h8,11,16-17,19-20,25-26,28-29,35,37,43,46,60-62,66-67H,4-7,9-10,12-15,18,21-24,27,30-34,36,38-42,44-45,47-59H2,1-3H3,(H,65,68)/b11-8-,19-16-,20-17-,28-25-,29-26-,37-35-,46-43-. The SMILES string of the molecule is CC/C=C\C/C=C\C/C=C\C/C=C\C/C=C\CCCC(CC(=O)NC(CO)C(O)CCCCCCCCCCCCCCCCC)OC(=O)CCCCCCCCCCC/C=C\C/C=C\CCCCC. The summed E-state index contributed by atoms with van der Waals surface area (Å²) < 4.78 is 5.94. The second kappa shape index (κ2) is 56.9. The van der Waals surface area contributed by atoms with Crippen LogP contribution in [0.5, 0.6) is 0 Å². The van der Waals surface area contributed by atoms with Gasteiger partial charge in [-0.3, -0.25) is 9.59 Å². The predicted molar refractivity (Wildman–Crippen MR) is 305 cm³/mol. The van der Waals surface area contributed by atoms with Gasteiger partial charge in [-0.1, -0.05) is 260 Å². The molecule has 6 heteroatoms. The molecule has 0 radical (unpaired) electrons. The number of carbonyl (C=O) groups is 2. The van der Waals surface area contributed by atoms with Crippen molar-refractivity contribution in [1.29, 1.82) is 0 Å². The normalized spacial score (nSPS) is 13.7. The van der Waals surface area contributed by atoms with E-state index in [9.17, 15) is 19.8 Å². The summed E-state index contributed by atoms with van der Waals surface area (Å²) in [4.78, 5) is 26.3. The first-order valence-electron chi connectivity index (χ1n) is 29.8. The van der Waals surface area contributed by atoms with Crippen LogP contribution < -0.4 is 5.32 Å². The summed E-state index contributed by atoms with van der Waals surface area (Å²) in [5.41, 5.74) is 0. The van der Waals surface area contributed by atoms with E-state index in [1.165, 1.54) is 148 Å². The number of allylic oxidation sites excluding steroid dienone is 14. The zero-order chi connectivity index (χ0) is 50.9. The molecule has 70 heavy (non-hydrogen) atoms. The Balaban J connectivity index is 4.65. The van der Waals surface area contributed by atoms with Crippen LogP contribution in [-0.4, -0.2) is 46.9 Å². The van der Waals surface area contributed by atoms with Crippen molar-refractivity contribution >= 4 is 11.9 Å². The van der Waals surface area contributed by atoms with E-state index in [-0.39, 0.29) is 24.9 Å². The van der Waals surface area contributed by atoms with Gasteiger partial charge in [0, 0.05) is 6.42 Å². The van der Waals surface area contributed by atoms with Gasteiger partial charge in [0.05, 0.1) is 25.2 Å². The number of amides is 1. The lowest BCUT2D eigenvalue weighted by Gasteiger charge is -2.24. The van der Waals surface area contributed by atoms with Gasteiger partial charge in [-0.05, 0) is 96.3 Å². The summed E-state index contributed by atoms with van der Waals surface area (Å²) in [5, 5.41) is 23.9. The molecule has 1 amide bonds. The first-order valence-corrected chi connectivity index (χ1v) is 29.8. The van der Waals surface area contributed by atoms with E-state index in [4.69, 9.17) is 4.74 Å². The lowest BCUT2D eigenvalue weighted by molar-refractivity contribution is -0.151. The minimum Gasteiger partial charge on any atom is -0.462 e. The largest absolute Gasteiger partial charge is 0.462 e. The number of hydrogen-bond donors (Lipinski definition) is 3.